The molecule has 1 aliphatic rings. The molecular weight excluding hydrogens is 394 g/mol. The third kappa shape index (κ3) is 6.15. The number of imidazole rings is 1. The molecule has 0 saturated carbocycles. The predicted molar refractivity (Wildman–Crippen MR) is 120 cm³/mol. The highest BCUT2D eigenvalue weighted by Crippen LogP contribution is 2.24. The molecule has 0 saturated heterocycles. The Bertz CT molecular complexity index is 853. The van der Waals surface area contributed by atoms with Crippen LogP contribution in [0.3, 0.4) is 0 Å². The third-order valence-corrected chi connectivity index (χ3v) is 5.66. The van der Waals surface area contributed by atoms with Crippen LogP contribution < -0.4 is 4.90 Å². The van der Waals surface area contributed by atoms with Crippen LogP contribution in [0.4, 0.5) is 5.69 Å². The fourth-order valence-electron chi connectivity index (χ4n) is 3.93. The number of fused-ring (bicyclic) bond motifs is 1. The van der Waals surface area contributed by atoms with Crippen molar-refractivity contribution in [1.82, 2.24) is 19.4 Å². The van der Waals surface area contributed by atoms with Gasteiger partial charge in [0.15, 0.2) is 0 Å². The van der Waals surface area contributed by atoms with Gasteiger partial charge in [-0.3, -0.25) is 14.5 Å². The van der Waals surface area contributed by atoms with Gasteiger partial charge in [-0.1, -0.05) is 18.2 Å². The molecule has 0 atom stereocenters. The standard InChI is InChI=1S/C23H33N5O3/c1-19(2)26-10-6-11-28(23(30)17-31-3)21-8-5-4-7-20(21)15-27(14-13-26)22(29)16-25-12-9-24-18-25/h4-5,7-9,12,18-19H,6,10-11,13-17H2,1-3H3. The van der Waals surface area contributed by atoms with Crippen molar-refractivity contribution in [2.45, 2.75) is 39.4 Å². The van der Waals surface area contributed by atoms with E-state index >= 15 is 0 Å². The lowest BCUT2D eigenvalue weighted by molar-refractivity contribution is -0.132. The zero-order valence-corrected chi connectivity index (χ0v) is 18.7. The summed E-state index contributed by atoms with van der Waals surface area (Å²) in [4.78, 5) is 36.1. The second-order valence-corrected chi connectivity index (χ2v) is 8.14. The van der Waals surface area contributed by atoms with Gasteiger partial charge in [0.2, 0.25) is 5.91 Å². The molecule has 31 heavy (non-hydrogen) atoms. The van der Waals surface area contributed by atoms with E-state index in [0.717, 1.165) is 30.8 Å². The molecule has 8 heteroatoms. The average Bonchev–Trinajstić information content (AvgIpc) is 3.24. The van der Waals surface area contributed by atoms with Gasteiger partial charge in [0.1, 0.15) is 13.2 Å². The molecule has 1 aliphatic heterocycles. The summed E-state index contributed by atoms with van der Waals surface area (Å²) in [6, 6.07) is 8.20. The number of ether oxygens (including phenoxy) is 1. The van der Waals surface area contributed by atoms with E-state index in [-0.39, 0.29) is 25.0 Å². The highest BCUT2D eigenvalue weighted by atomic mass is 16.5. The molecule has 0 unspecified atom stereocenters. The summed E-state index contributed by atoms with van der Waals surface area (Å²) in [6.45, 7) is 7.97. The Morgan fingerprint density at radius 3 is 2.61 bits per heavy atom. The lowest BCUT2D eigenvalue weighted by Crippen LogP contribution is -2.42. The van der Waals surface area contributed by atoms with Crippen LogP contribution in [0.5, 0.6) is 0 Å². The molecule has 1 aromatic heterocycles. The minimum absolute atomic E-state index is 0.0329. The van der Waals surface area contributed by atoms with Gasteiger partial charge in [-0.2, -0.15) is 0 Å². The van der Waals surface area contributed by atoms with E-state index in [0.29, 0.717) is 25.7 Å². The van der Waals surface area contributed by atoms with Gasteiger partial charge in [-0.25, -0.2) is 4.98 Å². The van der Waals surface area contributed by atoms with Gasteiger partial charge in [-0.15, -0.1) is 0 Å². The van der Waals surface area contributed by atoms with Crippen molar-refractivity contribution >= 4 is 17.5 Å². The first kappa shape index (κ1) is 23.0. The number of aromatic nitrogens is 2. The van der Waals surface area contributed by atoms with E-state index in [2.05, 4.69) is 23.7 Å². The molecule has 0 spiro atoms. The maximum absolute atomic E-state index is 13.2. The lowest BCUT2D eigenvalue weighted by atomic mass is 10.1. The molecule has 0 N–H and O–H groups in total. The van der Waals surface area contributed by atoms with E-state index in [1.807, 2.05) is 29.2 Å². The fourth-order valence-corrected chi connectivity index (χ4v) is 3.93. The highest BCUT2D eigenvalue weighted by molar-refractivity contribution is 5.95. The van der Waals surface area contributed by atoms with E-state index in [1.54, 1.807) is 28.2 Å². The van der Waals surface area contributed by atoms with Crippen molar-refractivity contribution in [3.8, 4) is 0 Å². The monoisotopic (exact) mass is 427 g/mol. The largest absolute Gasteiger partial charge is 0.375 e. The van der Waals surface area contributed by atoms with Crippen molar-refractivity contribution < 1.29 is 14.3 Å². The quantitative estimate of drug-likeness (QED) is 0.730. The van der Waals surface area contributed by atoms with E-state index < -0.39 is 0 Å². The Hall–Kier alpha value is -2.71. The second-order valence-electron chi connectivity index (χ2n) is 8.14. The minimum atomic E-state index is -0.0680. The van der Waals surface area contributed by atoms with Gasteiger partial charge in [-0.05, 0) is 31.9 Å². The smallest absolute Gasteiger partial charge is 0.252 e. The van der Waals surface area contributed by atoms with Crippen LogP contribution in [0, 0.1) is 0 Å². The second kappa shape index (κ2) is 11.1. The van der Waals surface area contributed by atoms with Gasteiger partial charge in [0, 0.05) is 64.0 Å². The number of amides is 2. The average molecular weight is 428 g/mol. The Morgan fingerprint density at radius 1 is 1.10 bits per heavy atom. The van der Waals surface area contributed by atoms with Crippen LogP contribution in [-0.2, 0) is 27.4 Å². The molecule has 8 nitrogen and oxygen atoms in total. The third-order valence-electron chi connectivity index (χ3n) is 5.66. The first-order chi connectivity index (χ1) is 15.0. The van der Waals surface area contributed by atoms with Crippen molar-refractivity contribution in [3.63, 3.8) is 0 Å². The molecule has 3 rings (SSSR count). The summed E-state index contributed by atoms with van der Waals surface area (Å²) in [5, 5.41) is 0. The summed E-state index contributed by atoms with van der Waals surface area (Å²) in [7, 11) is 1.53. The van der Waals surface area contributed by atoms with Crippen molar-refractivity contribution in [1.29, 1.82) is 0 Å². The zero-order chi connectivity index (χ0) is 22.2. The Labute approximate surface area is 184 Å². The lowest BCUT2D eigenvalue weighted by Gasteiger charge is -2.30. The highest BCUT2D eigenvalue weighted by Gasteiger charge is 2.24. The number of rotatable bonds is 5. The maximum atomic E-state index is 13.2. The summed E-state index contributed by atoms with van der Waals surface area (Å²) >= 11 is 0. The molecule has 0 fully saturated rings. The number of carbonyl (C=O) groups is 2. The van der Waals surface area contributed by atoms with Crippen molar-refractivity contribution in [2.75, 3.05) is 44.8 Å². The zero-order valence-electron chi connectivity index (χ0n) is 18.7. The first-order valence-electron chi connectivity index (χ1n) is 10.8. The number of hydrogen-bond donors (Lipinski definition) is 0. The van der Waals surface area contributed by atoms with Crippen LogP contribution >= 0.6 is 0 Å². The number of methoxy groups -OCH3 is 1. The number of anilines is 1. The first-order valence-corrected chi connectivity index (χ1v) is 10.8. The summed E-state index contributed by atoms with van der Waals surface area (Å²) in [5.74, 6) is -0.0351. The molecule has 0 bridgehead atoms. The van der Waals surface area contributed by atoms with E-state index in [1.165, 1.54) is 7.11 Å². The van der Waals surface area contributed by atoms with Crippen LogP contribution in [0.25, 0.3) is 0 Å². The van der Waals surface area contributed by atoms with Crippen LogP contribution in [-0.4, -0.2) is 77.1 Å². The molecule has 0 aliphatic carbocycles. The molecule has 1 aromatic carbocycles. The number of carbonyl (C=O) groups excluding carboxylic acids is 2. The van der Waals surface area contributed by atoms with Gasteiger partial charge in [0.05, 0.1) is 6.33 Å². The topological polar surface area (TPSA) is 70.9 Å². The molecule has 2 heterocycles. The fraction of sp³-hybridized carbons (Fsp3) is 0.522. The summed E-state index contributed by atoms with van der Waals surface area (Å²) in [5.41, 5.74) is 1.81. The van der Waals surface area contributed by atoms with Gasteiger partial charge < -0.3 is 19.1 Å². The Kier molecular flexibility index (Phi) is 8.20. The number of nitrogens with zero attached hydrogens (tertiary/aromatic N) is 5. The van der Waals surface area contributed by atoms with Crippen molar-refractivity contribution in [3.05, 3.63) is 48.5 Å². The molecule has 0 radical (unpaired) electrons. The van der Waals surface area contributed by atoms with E-state index in [4.69, 9.17) is 4.74 Å². The van der Waals surface area contributed by atoms with E-state index in [9.17, 15) is 9.59 Å². The number of benzene rings is 1. The molecule has 2 aromatic rings. The molecule has 2 amide bonds. The van der Waals surface area contributed by atoms with Crippen LogP contribution in [0.1, 0.15) is 25.8 Å². The molecular formula is C23H33N5O3. The summed E-state index contributed by atoms with van der Waals surface area (Å²) < 4.78 is 6.91. The molecule has 168 valence electrons. The van der Waals surface area contributed by atoms with Crippen LogP contribution in [0.2, 0.25) is 0 Å². The number of para-hydroxylation sites is 1. The summed E-state index contributed by atoms with van der Waals surface area (Å²) in [6.07, 6.45) is 5.98. The van der Waals surface area contributed by atoms with Crippen molar-refractivity contribution in [2.24, 2.45) is 0 Å². The van der Waals surface area contributed by atoms with Gasteiger partial charge >= 0.3 is 0 Å². The predicted octanol–water partition coefficient (Wildman–Crippen LogP) is 2.01. The number of hydrogen-bond acceptors (Lipinski definition) is 5. The maximum Gasteiger partial charge on any atom is 0.252 e. The Balaban J connectivity index is 1.92. The van der Waals surface area contributed by atoms with Crippen LogP contribution in [0.15, 0.2) is 43.0 Å². The minimum Gasteiger partial charge on any atom is -0.375 e. The Morgan fingerprint density at radius 2 is 1.90 bits per heavy atom. The SMILES string of the molecule is COCC(=O)N1CCCN(C(C)C)CCN(C(=O)Cn2ccnc2)Cc2ccccc21. The normalized spacial score (nSPS) is 16.1. The van der Waals surface area contributed by atoms with Gasteiger partial charge in [0.25, 0.3) is 5.91 Å².